The fraction of sp³-hybridized carbons (Fsp3) is 0.308. The van der Waals surface area contributed by atoms with Crippen molar-refractivity contribution in [2.75, 3.05) is 17.2 Å². The molecule has 1 amide bonds. The molecule has 0 aliphatic heterocycles. The SMILES string of the molecule is CCNc1ccc(Cl)c(C(=O)Nc2cnn(CC)c2)n1. The van der Waals surface area contributed by atoms with Gasteiger partial charge < -0.3 is 10.6 Å². The number of rotatable bonds is 5. The fourth-order valence-corrected chi connectivity index (χ4v) is 1.86. The predicted octanol–water partition coefficient (Wildman–Crippen LogP) is 2.64. The number of halogens is 1. The largest absolute Gasteiger partial charge is 0.370 e. The molecule has 2 heterocycles. The van der Waals surface area contributed by atoms with Crippen LogP contribution < -0.4 is 10.6 Å². The molecular weight excluding hydrogens is 278 g/mol. The summed E-state index contributed by atoms with van der Waals surface area (Å²) in [4.78, 5) is 16.4. The van der Waals surface area contributed by atoms with Crippen molar-refractivity contribution in [3.63, 3.8) is 0 Å². The number of nitrogens with one attached hydrogen (secondary N) is 2. The number of carbonyl (C=O) groups is 1. The summed E-state index contributed by atoms with van der Waals surface area (Å²) in [6, 6.07) is 3.38. The lowest BCUT2D eigenvalue weighted by molar-refractivity contribution is 0.102. The van der Waals surface area contributed by atoms with Gasteiger partial charge in [-0.1, -0.05) is 11.6 Å². The number of aryl methyl sites for hydroxylation is 1. The Morgan fingerprint density at radius 2 is 2.20 bits per heavy atom. The second-order valence-electron chi connectivity index (χ2n) is 4.10. The molecule has 2 aromatic heterocycles. The van der Waals surface area contributed by atoms with E-state index in [4.69, 9.17) is 11.6 Å². The van der Waals surface area contributed by atoms with E-state index in [2.05, 4.69) is 20.7 Å². The molecule has 2 aromatic rings. The normalized spacial score (nSPS) is 10.3. The third-order valence-corrected chi connectivity index (χ3v) is 2.94. The van der Waals surface area contributed by atoms with Gasteiger partial charge in [0.05, 0.1) is 16.9 Å². The van der Waals surface area contributed by atoms with Gasteiger partial charge in [-0.05, 0) is 26.0 Å². The lowest BCUT2D eigenvalue weighted by Gasteiger charge is -2.07. The molecule has 0 saturated carbocycles. The Labute approximate surface area is 122 Å². The van der Waals surface area contributed by atoms with Gasteiger partial charge in [0.25, 0.3) is 5.91 Å². The molecule has 0 aliphatic rings. The van der Waals surface area contributed by atoms with Crippen molar-refractivity contribution in [1.29, 1.82) is 0 Å². The molecule has 0 atom stereocenters. The summed E-state index contributed by atoms with van der Waals surface area (Å²) < 4.78 is 1.72. The molecule has 2 rings (SSSR count). The Balaban J connectivity index is 2.17. The summed E-state index contributed by atoms with van der Waals surface area (Å²) in [7, 11) is 0. The Morgan fingerprint density at radius 3 is 2.85 bits per heavy atom. The first-order valence-corrected chi connectivity index (χ1v) is 6.76. The van der Waals surface area contributed by atoms with Gasteiger partial charge in [0.1, 0.15) is 11.5 Å². The topological polar surface area (TPSA) is 71.8 Å². The van der Waals surface area contributed by atoms with Gasteiger partial charge in [-0.15, -0.1) is 0 Å². The standard InChI is InChI=1S/C13H16ClN5O/c1-3-15-11-6-5-10(14)12(18-11)13(20)17-9-7-16-19(4-2)8-9/h5-8H,3-4H2,1-2H3,(H,15,18)(H,17,20). The molecule has 7 heteroatoms. The maximum Gasteiger partial charge on any atom is 0.275 e. The maximum atomic E-state index is 12.2. The molecule has 0 aromatic carbocycles. The maximum absolute atomic E-state index is 12.2. The van der Waals surface area contributed by atoms with Crippen molar-refractivity contribution >= 4 is 29.0 Å². The molecule has 0 fully saturated rings. The Bertz CT molecular complexity index is 611. The van der Waals surface area contributed by atoms with Crippen LogP contribution in [0, 0.1) is 0 Å². The van der Waals surface area contributed by atoms with Crippen molar-refractivity contribution in [3.8, 4) is 0 Å². The molecule has 0 radical (unpaired) electrons. The van der Waals surface area contributed by atoms with Crippen molar-refractivity contribution in [2.45, 2.75) is 20.4 Å². The number of hydrogen-bond acceptors (Lipinski definition) is 4. The van der Waals surface area contributed by atoms with Gasteiger partial charge in [0.2, 0.25) is 0 Å². The van der Waals surface area contributed by atoms with Crippen LogP contribution in [0.25, 0.3) is 0 Å². The summed E-state index contributed by atoms with van der Waals surface area (Å²) in [5.74, 6) is 0.261. The second-order valence-corrected chi connectivity index (χ2v) is 4.50. The zero-order chi connectivity index (χ0) is 14.5. The van der Waals surface area contributed by atoms with Crippen LogP contribution in [-0.2, 0) is 6.54 Å². The van der Waals surface area contributed by atoms with E-state index in [9.17, 15) is 4.79 Å². The summed E-state index contributed by atoms with van der Waals surface area (Å²) in [5, 5.41) is 10.2. The lowest BCUT2D eigenvalue weighted by atomic mass is 10.3. The third-order valence-electron chi connectivity index (χ3n) is 2.63. The van der Waals surface area contributed by atoms with E-state index >= 15 is 0 Å². The molecule has 20 heavy (non-hydrogen) atoms. The van der Waals surface area contributed by atoms with Gasteiger partial charge in [0.15, 0.2) is 0 Å². The van der Waals surface area contributed by atoms with Gasteiger partial charge in [0, 0.05) is 19.3 Å². The van der Waals surface area contributed by atoms with Gasteiger partial charge in [-0.25, -0.2) is 4.98 Å². The second kappa shape index (κ2) is 6.38. The van der Waals surface area contributed by atoms with Crippen LogP contribution in [0.3, 0.4) is 0 Å². The van der Waals surface area contributed by atoms with Crippen LogP contribution in [0.5, 0.6) is 0 Å². The molecule has 0 saturated heterocycles. The van der Waals surface area contributed by atoms with Crippen molar-refractivity contribution in [2.24, 2.45) is 0 Å². The third kappa shape index (κ3) is 3.27. The molecule has 2 N–H and O–H groups in total. The highest BCUT2D eigenvalue weighted by Gasteiger charge is 2.14. The Kier molecular flexibility index (Phi) is 4.57. The van der Waals surface area contributed by atoms with E-state index in [1.165, 1.54) is 0 Å². The fourth-order valence-electron chi connectivity index (χ4n) is 1.67. The zero-order valence-electron chi connectivity index (χ0n) is 11.4. The van der Waals surface area contributed by atoms with Crippen molar-refractivity contribution in [3.05, 3.63) is 35.2 Å². The first-order chi connectivity index (χ1) is 9.63. The number of hydrogen-bond donors (Lipinski definition) is 2. The van der Waals surface area contributed by atoms with E-state index in [1.807, 2.05) is 13.8 Å². The molecule has 0 unspecified atom stereocenters. The van der Waals surface area contributed by atoms with Gasteiger partial charge in [-0.2, -0.15) is 5.10 Å². The Hall–Kier alpha value is -2.08. The minimum atomic E-state index is -0.356. The lowest BCUT2D eigenvalue weighted by Crippen LogP contribution is -2.15. The monoisotopic (exact) mass is 293 g/mol. The molecule has 6 nitrogen and oxygen atoms in total. The molecule has 0 bridgehead atoms. The number of aromatic nitrogens is 3. The van der Waals surface area contributed by atoms with Crippen LogP contribution in [0.4, 0.5) is 11.5 Å². The van der Waals surface area contributed by atoms with E-state index in [0.29, 0.717) is 16.5 Å². The molecule has 0 aliphatic carbocycles. The Morgan fingerprint density at radius 1 is 1.40 bits per heavy atom. The zero-order valence-corrected chi connectivity index (χ0v) is 12.1. The highest BCUT2D eigenvalue weighted by molar-refractivity contribution is 6.34. The summed E-state index contributed by atoms with van der Waals surface area (Å²) in [6.45, 7) is 5.38. The quantitative estimate of drug-likeness (QED) is 0.889. The van der Waals surface area contributed by atoms with Gasteiger partial charge >= 0.3 is 0 Å². The molecule has 106 valence electrons. The van der Waals surface area contributed by atoms with Crippen LogP contribution in [0.2, 0.25) is 5.02 Å². The first-order valence-electron chi connectivity index (χ1n) is 6.38. The van der Waals surface area contributed by atoms with E-state index < -0.39 is 0 Å². The number of nitrogens with zero attached hydrogens (tertiary/aromatic N) is 3. The number of amides is 1. The average Bonchev–Trinajstić information content (AvgIpc) is 2.88. The number of anilines is 2. The van der Waals surface area contributed by atoms with E-state index in [1.54, 1.807) is 29.2 Å². The average molecular weight is 294 g/mol. The first kappa shape index (κ1) is 14.3. The van der Waals surface area contributed by atoms with Crippen LogP contribution in [-0.4, -0.2) is 27.2 Å². The van der Waals surface area contributed by atoms with E-state index in [-0.39, 0.29) is 11.6 Å². The van der Waals surface area contributed by atoms with Gasteiger partial charge in [-0.3, -0.25) is 9.48 Å². The van der Waals surface area contributed by atoms with Crippen LogP contribution in [0.1, 0.15) is 24.3 Å². The van der Waals surface area contributed by atoms with E-state index in [0.717, 1.165) is 13.1 Å². The highest BCUT2D eigenvalue weighted by Crippen LogP contribution is 2.18. The minimum Gasteiger partial charge on any atom is -0.370 e. The summed E-state index contributed by atoms with van der Waals surface area (Å²) >= 11 is 6.02. The van der Waals surface area contributed by atoms with Crippen molar-refractivity contribution in [1.82, 2.24) is 14.8 Å². The number of pyridine rings is 1. The minimum absolute atomic E-state index is 0.189. The molecular formula is C13H16ClN5O. The smallest absolute Gasteiger partial charge is 0.275 e. The van der Waals surface area contributed by atoms with Crippen LogP contribution >= 0.6 is 11.6 Å². The van der Waals surface area contributed by atoms with Crippen LogP contribution in [0.15, 0.2) is 24.5 Å². The summed E-state index contributed by atoms with van der Waals surface area (Å²) in [6.07, 6.45) is 3.34. The summed E-state index contributed by atoms with van der Waals surface area (Å²) in [5.41, 5.74) is 0.804. The molecule has 0 spiro atoms. The highest BCUT2D eigenvalue weighted by atomic mass is 35.5. The number of carbonyl (C=O) groups excluding carboxylic acids is 1. The predicted molar refractivity (Wildman–Crippen MR) is 79.3 cm³/mol. The van der Waals surface area contributed by atoms with Crippen molar-refractivity contribution < 1.29 is 4.79 Å².